The van der Waals surface area contributed by atoms with Gasteiger partial charge in [-0.25, -0.2) is 4.98 Å². The van der Waals surface area contributed by atoms with Gasteiger partial charge in [0.25, 0.3) is 0 Å². The highest BCUT2D eigenvalue weighted by atomic mass is 16.5. The second-order valence-electron chi connectivity index (χ2n) is 5.98. The van der Waals surface area contributed by atoms with Gasteiger partial charge in [-0.05, 0) is 43.2 Å². The molecule has 1 fully saturated rings. The SMILES string of the molecule is CC(C)c1cnc2c(c1)CC(O)C1(CCCC1)O2. The van der Waals surface area contributed by atoms with Crippen LogP contribution in [0, 0.1) is 0 Å². The van der Waals surface area contributed by atoms with E-state index in [2.05, 4.69) is 24.9 Å². The lowest BCUT2D eigenvalue weighted by Crippen LogP contribution is -2.49. The molecule has 1 saturated carbocycles. The second kappa shape index (κ2) is 4.23. The van der Waals surface area contributed by atoms with Gasteiger partial charge < -0.3 is 9.84 Å². The van der Waals surface area contributed by atoms with E-state index in [0.29, 0.717) is 12.3 Å². The molecule has 0 aromatic carbocycles. The van der Waals surface area contributed by atoms with E-state index in [1.807, 2.05) is 6.20 Å². The van der Waals surface area contributed by atoms with Crippen LogP contribution in [0.5, 0.6) is 5.88 Å². The standard InChI is InChI=1S/C15H21NO2/c1-10(2)12-7-11-8-13(17)15(5-3-4-6-15)18-14(11)16-9-12/h7,9-10,13,17H,3-6,8H2,1-2H3. The fourth-order valence-corrected chi connectivity index (χ4v) is 3.13. The van der Waals surface area contributed by atoms with E-state index < -0.39 is 0 Å². The molecule has 1 unspecified atom stereocenters. The summed E-state index contributed by atoms with van der Waals surface area (Å²) in [6, 6.07) is 2.14. The minimum absolute atomic E-state index is 0.348. The number of nitrogens with zero attached hydrogens (tertiary/aromatic N) is 1. The van der Waals surface area contributed by atoms with Crippen LogP contribution >= 0.6 is 0 Å². The zero-order chi connectivity index (χ0) is 12.8. The van der Waals surface area contributed by atoms with Crippen LogP contribution < -0.4 is 4.74 Å². The van der Waals surface area contributed by atoms with Crippen molar-refractivity contribution in [1.82, 2.24) is 4.98 Å². The van der Waals surface area contributed by atoms with Crippen molar-refractivity contribution in [2.45, 2.75) is 63.6 Å². The summed E-state index contributed by atoms with van der Waals surface area (Å²) in [5, 5.41) is 10.4. The molecule has 0 bridgehead atoms. The van der Waals surface area contributed by atoms with Gasteiger partial charge in [0.1, 0.15) is 5.60 Å². The topological polar surface area (TPSA) is 42.4 Å². The summed E-state index contributed by atoms with van der Waals surface area (Å²) in [6.07, 6.45) is 6.43. The molecule has 1 aliphatic heterocycles. The van der Waals surface area contributed by atoms with Crippen molar-refractivity contribution in [2.24, 2.45) is 0 Å². The third kappa shape index (κ3) is 1.81. The number of aromatic nitrogens is 1. The minimum atomic E-state index is -0.378. The van der Waals surface area contributed by atoms with Crippen molar-refractivity contribution >= 4 is 0 Å². The molecule has 2 heterocycles. The maximum atomic E-state index is 10.4. The Morgan fingerprint density at radius 3 is 2.78 bits per heavy atom. The van der Waals surface area contributed by atoms with Gasteiger partial charge in [-0.2, -0.15) is 0 Å². The van der Waals surface area contributed by atoms with E-state index in [1.165, 1.54) is 5.56 Å². The number of aliphatic hydroxyl groups excluding tert-OH is 1. The number of ether oxygens (including phenoxy) is 1. The highest BCUT2D eigenvalue weighted by Crippen LogP contribution is 2.42. The van der Waals surface area contributed by atoms with Gasteiger partial charge in [-0.15, -0.1) is 0 Å². The highest BCUT2D eigenvalue weighted by Gasteiger charge is 2.46. The van der Waals surface area contributed by atoms with E-state index in [4.69, 9.17) is 4.74 Å². The number of fused-ring (bicyclic) bond motifs is 1. The van der Waals surface area contributed by atoms with Crippen LogP contribution in [-0.4, -0.2) is 21.8 Å². The predicted octanol–water partition coefficient (Wildman–Crippen LogP) is 2.81. The van der Waals surface area contributed by atoms with Gasteiger partial charge in [0.05, 0.1) is 6.10 Å². The Hall–Kier alpha value is -1.09. The quantitative estimate of drug-likeness (QED) is 0.829. The third-order valence-electron chi connectivity index (χ3n) is 4.38. The summed E-state index contributed by atoms with van der Waals surface area (Å²) < 4.78 is 6.07. The Morgan fingerprint density at radius 2 is 2.11 bits per heavy atom. The zero-order valence-electron chi connectivity index (χ0n) is 11.1. The van der Waals surface area contributed by atoms with Crippen LogP contribution in [0.2, 0.25) is 0 Å². The van der Waals surface area contributed by atoms with Crippen molar-refractivity contribution in [3.63, 3.8) is 0 Å². The molecule has 3 nitrogen and oxygen atoms in total. The average molecular weight is 247 g/mol. The predicted molar refractivity (Wildman–Crippen MR) is 69.9 cm³/mol. The van der Waals surface area contributed by atoms with Crippen LogP contribution in [0.1, 0.15) is 56.6 Å². The lowest BCUT2D eigenvalue weighted by atomic mass is 9.87. The summed E-state index contributed by atoms with van der Waals surface area (Å²) in [7, 11) is 0. The van der Waals surface area contributed by atoms with Gasteiger partial charge >= 0.3 is 0 Å². The lowest BCUT2D eigenvalue weighted by Gasteiger charge is -2.39. The maximum Gasteiger partial charge on any atom is 0.217 e. The van der Waals surface area contributed by atoms with Crippen LogP contribution in [0.15, 0.2) is 12.3 Å². The molecular formula is C15H21NO2. The van der Waals surface area contributed by atoms with Gasteiger partial charge in [-0.1, -0.05) is 13.8 Å². The van der Waals surface area contributed by atoms with Gasteiger partial charge in [0, 0.05) is 18.2 Å². The number of aliphatic hydroxyl groups is 1. The molecule has 1 N–H and O–H groups in total. The molecule has 1 aliphatic carbocycles. The fraction of sp³-hybridized carbons (Fsp3) is 0.667. The minimum Gasteiger partial charge on any atom is -0.468 e. The molecule has 2 aliphatic rings. The Kier molecular flexibility index (Phi) is 2.81. The number of rotatable bonds is 1. The van der Waals surface area contributed by atoms with Crippen molar-refractivity contribution in [3.05, 3.63) is 23.4 Å². The summed E-state index contributed by atoms with van der Waals surface area (Å²) in [5.74, 6) is 1.20. The third-order valence-corrected chi connectivity index (χ3v) is 4.38. The summed E-state index contributed by atoms with van der Waals surface area (Å²) in [6.45, 7) is 4.31. The van der Waals surface area contributed by atoms with Crippen molar-refractivity contribution in [2.75, 3.05) is 0 Å². The van der Waals surface area contributed by atoms with Crippen molar-refractivity contribution in [3.8, 4) is 5.88 Å². The molecule has 18 heavy (non-hydrogen) atoms. The van der Waals surface area contributed by atoms with Crippen LogP contribution in [-0.2, 0) is 6.42 Å². The molecule has 1 aromatic rings. The van der Waals surface area contributed by atoms with E-state index in [9.17, 15) is 5.11 Å². The Labute approximate surface area is 108 Å². The highest BCUT2D eigenvalue weighted by molar-refractivity contribution is 5.35. The number of hydrogen-bond acceptors (Lipinski definition) is 3. The van der Waals surface area contributed by atoms with Crippen molar-refractivity contribution < 1.29 is 9.84 Å². The first-order chi connectivity index (χ1) is 8.61. The molecule has 1 spiro atoms. The van der Waals surface area contributed by atoms with Crippen molar-refractivity contribution in [1.29, 1.82) is 0 Å². The summed E-state index contributed by atoms with van der Waals surface area (Å²) >= 11 is 0. The first-order valence-electron chi connectivity index (χ1n) is 6.97. The van der Waals surface area contributed by atoms with Gasteiger partial charge in [0.15, 0.2) is 0 Å². The van der Waals surface area contributed by atoms with Gasteiger partial charge in [0.2, 0.25) is 5.88 Å². The van der Waals surface area contributed by atoms with Crippen LogP contribution in [0.4, 0.5) is 0 Å². The smallest absolute Gasteiger partial charge is 0.217 e. The average Bonchev–Trinajstić information content (AvgIpc) is 2.79. The Balaban J connectivity index is 1.94. The maximum absolute atomic E-state index is 10.4. The van der Waals surface area contributed by atoms with E-state index in [0.717, 1.165) is 37.1 Å². The normalized spacial score (nSPS) is 25.2. The molecule has 0 saturated heterocycles. The molecule has 3 rings (SSSR count). The van der Waals surface area contributed by atoms with Crippen LogP contribution in [0.25, 0.3) is 0 Å². The van der Waals surface area contributed by atoms with E-state index in [1.54, 1.807) is 0 Å². The molecule has 0 amide bonds. The molecule has 1 atom stereocenters. The summed E-state index contributed by atoms with van der Waals surface area (Å²) in [4.78, 5) is 4.46. The van der Waals surface area contributed by atoms with E-state index >= 15 is 0 Å². The molecule has 3 heteroatoms. The molecule has 98 valence electrons. The second-order valence-corrected chi connectivity index (χ2v) is 5.98. The Morgan fingerprint density at radius 1 is 1.39 bits per heavy atom. The summed E-state index contributed by atoms with van der Waals surface area (Å²) in [5.41, 5.74) is 1.93. The Bertz CT molecular complexity index is 450. The fourth-order valence-electron chi connectivity index (χ4n) is 3.13. The monoisotopic (exact) mass is 247 g/mol. The number of pyridine rings is 1. The molecule has 1 aromatic heterocycles. The lowest BCUT2D eigenvalue weighted by molar-refractivity contribution is -0.0650. The first-order valence-corrected chi connectivity index (χ1v) is 6.97. The first kappa shape index (κ1) is 12.0. The van der Waals surface area contributed by atoms with E-state index in [-0.39, 0.29) is 11.7 Å². The number of hydrogen-bond donors (Lipinski definition) is 1. The molecule has 0 radical (unpaired) electrons. The van der Waals surface area contributed by atoms with Gasteiger partial charge in [-0.3, -0.25) is 0 Å². The van der Waals surface area contributed by atoms with Crippen LogP contribution in [0.3, 0.4) is 0 Å². The zero-order valence-corrected chi connectivity index (χ0v) is 11.1. The largest absolute Gasteiger partial charge is 0.468 e. The molecular weight excluding hydrogens is 226 g/mol.